The van der Waals surface area contributed by atoms with E-state index in [0.717, 1.165) is 23.2 Å². The molecule has 104 valence electrons. The zero-order chi connectivity index (χ0) is 14.3. The summed E-state index contributed by atoms with van der Waals surface area (Å²) in [5.41, 5.74) is 4.34. The number of aryl methyl sites for hydroxylation is 1. The van der Waals surface area contributed by atoms with Crippen LogP contribution in [0.5, 0.6) is 0 Å². The summed E-state index contributed by atoms with van der Waals surface area (Å²) in [4.78, 5) is 0.341. The van der Waals surface area contributed by atoms with Gasteiger partial charge in [-0.2, -0.15) is 0 Å². The molecule has 0 amide bonds. The largest absolute Gasteiger partial charge is 0.267 e. The van der Waals surface area contributed by atoms with Gasteiger partial charge in [0.05, 0.1) is 4.90 Å². The third-order valence-electron chi connectivity index (χ3n) is 3.74. The second-order valence-corrected chi connectivity index (χ2v) is 7.15. The van der Waals surface area contributed by atoms with E-state index in [1.54, 1.807) is 18.3 Å². The quantitative estimate of drug-likeness (QED) is 0.796. The number of allylic oxidation sites excluding steroid dienone is 2. The molecule has 2 aromatic rings. The molecule has 0 aliphatic heterocycles. The molecule has 3 nitrogen and oxygen atoms in total. The van der Waals surface area contributed by atoms with Gasteiger partial charge in [0.15, 0.2) is 0 Å². The number of nitrogens with zero attached hydrogens (tertiary/aromatic N) is 1. The van der Waals surface area contributed by atoms with Crippen LogP contribution in [0.25, 0.3) is 0 Å². The van der Waals surface area contributed by atoms with Gasteiger partial charge < -0.3 is 0 Å². The Labute approximate surface area is 119 Å². The first-order chi connectivity index (χ1) is 9.48. The topological polar surface area (TPSA) is 39.1 Å². The maximum Gasteiger partial charge on any atom is 0.267 e. The Morgan fingerprint density at radius 3 is 2.45 bits per heavy atom. The Kier molecular flexibility index (Phi) is 3.05. The molecule has 0 atom stereocenters. The molecule has 1 heterocycles. The summed E-state index contributed by atoms with van der Waals surface area (Å²) >= 11 is 0. The van der Waals surface area contributed by atoms with Crippen LogP contribution in [0.3, 0.4) is 0 Å². The lowest BCUT2D eigenvalue weighted by atomic mass is 9.99. The van der Waals surface area contributed by atoms with Crippen LogP contribution < -0.4 is 0 Å². The normalized spacial score (nSPS) is 14.8. The van der Waals surface area contributed by atoms with E-state index in [-0.39, 0.29) is 0 Å². The molecule has 0 saturated carbocycles. The van der Waals surface area contributed by atoms with Crippen LogP contribution in [0.1, 0.15) is 23.7 Å². The SMILES string of the molecule is CC1=CCc2c(ccn2S(=O)(=O)c2ccc(C)cc2)C1. The fourth-order valence-electron chi connectivity index (χ4n) is 2.56. The summed E-state index contributed by atoms with van der Waals surface area (Å²) in [6, 6.07) is 8.90. The van der Waals surface area contributed by atoms with Gasteiger partial charge >= 0.3 is 0 Å². The van der Waals surface area contributed by atoms with Crippen molar-refractivity contribution in [2.24, 2.45) is 0 Å². The van der Waals surface area contributed by atoms with Crippen molar-refractivity contribution in [2.75, 3.05) is 0 Å². The molecular weight excluding hydrogens is 270 g/mol. The van der Waals surface area contributed by atoms with Crippen molar-refractivity contribution in [3.05, 3.63) is 65.0 Å². The molecular formula is C16H17NO2S. The van der Waals surface area contributed by atoms with Gasteiger partial charge in [-0.3, -0.25) is 0 Å². The zero-order valence-corrected chi connectivity index (χ0v) is 12.4. The molecule has 0 unspecified atom stereocenters. The van der Waals surface area contributed by atoms with Crippen LogP contribution in [0.4, 0.5) is 0 Å². The van der Waals surface area contributed by atoms with Crippen molar-refractivity contribution in [3.8, 4) is 0 Å². The molecule has 1 aliphatic carbocycles. The maximum absolute atomic E-state index is 12.7. The smallest absolute Gasteiger partial charge is 0.245 e. The highest BCUT2D eigenvalue weighted by Crippen LogP contribution is 2.25. The number of hydrogen-bond donors (Lipinski definition) is 0. The Morgan fingerprint density at radius 1 is 1.05 bits per heavy atom. The average molecular weight is 287 g/mol. The highest BCUT2D eigenvalue weighted by atomic mass is 32.2. The van der Waals surface area contributed by atoms with Crippen LogP contribution in [0.15, 0.2) is 53.1 Å². The van der Waals surface area contributed by atoms with E-state index in [1.165, 1.54) is 9.55 Å². The molecule has 1 aromatic heterocycles. The number of aromatic nitrogens is 1. The molecule has 1 aliphatic rings. The standard InChI is InChI=1S/C16H17NO2S/c1-12-3-6-15(7-4-12)20(18,19)17-10-9-14-11-13(2)5-8-16(14)17/h3-7,9-10H,8,11H2,1-2H3. The lowest BCUT2D eigenvalue weighted by Crippen LogP contribution is -2.16. The second-order valence-electron chi connectivity index (χ2n) is 5.33. The van der Waals surface area contributed by atoms with Gasteiger partial charge in [0.2, 0.25) is 0 Å². The molecule has 0 N–H and O–H groups in total. The third-order valence-corrected chi connectivity index (χ3v) is 5.47. The van der Waals surface area contributed by atoms with E-state index in [9.17, 15) is 8.42 Å². The summed E-state index contributed by atoms with van der Waals surface area (Å²) in [7, 11) is -3.48. The minimum atomic E-state index is -3.48. The van der Waals surface area contributed by atoms with Gasteiger partial charge in [0, 0.05) is 18.3 Å². The maximum atomic E-state index is 12.7. The molecule has 1 aromatic carbocycles. The minimum absolute atomic E-state index is 0.341. The number of benzene rings is 1. The van der Waals surface area contributed by atoms with E-state index in [2.05, 4.69) is 13.0 Å². The van der Waals surface area contributed by atoms with E-state index < -0.39 is 10.0 Å². The van der Waals surface area contributed by atoms with Crippen LogP contribution in [0.2, 0.25) is 0 Å². The van der Waals surface area contributed by atoms with Crippen molar-refractivity contribution >= 4 is 10.0 Å². The van der Waals surface area contributed by atoms with Crippen molar-refractivity contribution in [1.82, 2.24) is 3.97 Å². The van der Waals surface area contributed by atoms with Gasteiger partial charge in [-0.1, -0.05) is 29.3 Å². The van der Waals surface area contributed by atoms with Crippen molar-refractivity contribution in [1.29, 1.82) is 0 Å². The lowest BCUT2D eigenvalue weighted by Gasteiger charge is -2.15. The molecule has 4 heteroatoms. The van der Waals surface area contributed by atoms with Crippen LogP contribution in [0, 0.1) is 6.92 Å². The van der Waals surface area contributed by atoms with Crippen molar-refractivity contribution < 1.29 is 8.42 Å². The van der Waals surface area contributed by atoms with Gasteiger partial charge in [0.1, 0.15) is 0 Å². The van der Waals surface area contributed by atoms with Crippen molar-refractivity contribution in [2.45, 2.75) is 31.6 Å². The zero-order valence-electron chi connectivity index (χ0n) is 11.6. The Balaban J connectivity index is 2.08. The predicted molar refractivity (Wildman–Crippen MR) is 79.4 cm³/mol. The lowest BCUT2D eigenvalue weighted by molar-refractivity contribution is 0.585. The molecule has 0 radical (unpaired) electrons. The van der Waals surface area contributed by atoms with E-state index in [4.69, 9.17) is 0 Å². The highest BCUT2D eigenvalue weighted by Gasteiger charge is 2.22. The molecule has 0 fully saturated rings. The summed E-state index contributed by atoms with van der Waals surface area (Å²) < 4.78 is 26.8. The highest BCUT2D eigenvalue weighted by molar-refractivity contribution is 7.90. The van der Waals surface area contributed by atoms with Crippen LogP contribution >= 0.6 is 0 Å². The fourth-order valence-corrected chi connectivity index (χ4v) is 3.97. The first kappa shape index (κ1) is 13.2. The predicted octanol–water partition coefficient (Wildman–Crippen LogP) is 3.08. The number of fused-ring (bicyclic) bond motifs is 1. The van der Waals surface area contributed by atoms with Crippen molar-refractivity contribution in [3.63, 3.8) is 0 Å². The van der Waals surface area contributed by atoms with Gasteiger partial charge in [0.25, 0.3) is 10.0 Å². The molecule has 0 saturated heterocycles. The van der Waals surface area contributed by atoms with Gasteiger partial charge in [-0.15, -0.1) is 0 Å². The minimum Gasteiger partial charge on any atom is -0.245 e. The number of rotatable bonds is 2. The molecule has 0 bridgehead atoms. The fraction of sp³-hybridized carbons (Fsp3) is 0.250. The van der Waals surface area contributed by atoms with Gasteiger partial charge in [-0.25, -0.2) is 12.4 Å². The van der Waals surface area contributed by atoms with E-state index in [1.807, 2.05) is 25.1 Å². The molecule has 20 heavy (non-hydrogen) atoms. The molecule has 3 rings (SSSR count). The molecule has 0 spiro atoms. The summed E-state index contributed by atoms with van der Waals surface area (Å²) in [6.07, 6.45) is 5.29. The second kappa shape index (κ2) is 4.63. The summed E-state index contributed by atoms with van der Waals surface area (Å²) in [5, 5.41) is 0. The number of hydrogen-bond acceptors (Lipinski definition) is 2. The van der Waals surface area contributed by atoms with Gasteiger partial charge in [-0.05, 0) is 44.0 Å². The first-order valence-corrected chi connectivity index (χ1v) is 8.09. The summed E-state index contributed by atoms with van der Waals surface area (Å²) in [5.74, 6) is 0. The van der Waals surface area contributed by atoms with Crippen LogP contribution in [-0.2, 0) is 22.9 Å². The Bertz CT molecular complexity index is 780. The monoisotopic (exact) mass is 287 g/mol. The Hall–Kier alpha value is -1.81. The Morgan fingerprint density at radius 2 is 1.75 bits per heavy atom. The average Bonchev–Trinajstić information content (AvgIpc) is 2.82. The first-order valence-electron chi connectivity index (χ1n) is 6.65. The van der Waals surface area contributed by atoms with E-state index in [0.29, 0.717) is 11.3 Å². The summed E-state index contributed by atoms with van der Waals surface area (Å²) in [6.45, 7) is 4.02. The van der Waals surface area contributed by atoms with E-state index >= 15 is 0 Å². The third kappa shape index (κ3) is 2.10. The van der Waals surface area contributed by atoms with Crippen LogP contribution in [-0.4, -0.2) is 12.4 Å².